The van der Waals surface area contributed by atoms with Gasteiger partial charge in [0, 0.05) is 11.4 Å². The molecule has 0 saturated heterocycles. The van der Waals surface area contributed by atoms with E-state index in [4.69, 9.17) is 5.11 Å². The number of aromatic carboxylic acids is 1. The summed E-state index contributed by atoms with van der Waals surface area (Å²) in [7, 11) is 0. The minimum absolute atomic E-state index is 0.0993. The lowest BCUT2D eigenvalue weighted by atomic mass is 10.4. The number of rotatable bonds is 5. The first-order chi connectivity index (χ1) is 9.76. The van der Waals surface area contributed by atoms with Crippen LogP contribution in [0.25, 0.3) is 0 Å². The molecule has 1 aromatic heterocycles. The number of carboxylic acid groups (broad SMARTS) is 1. The first-order valence-corrected chi connectivity index (χ1v) is 6.93. The molecule has 0 spiro atoms. The number of halogens is 3. The van der Waals surface area contributed by atoms with Crippen LogP contribution >= 0.6 is 11.3 Å². The molecule has 1 heterocycles. The predicted molar refractivity (Wildman–Crippen MR) is 67.1 cm³/mol. The maximum Gasteiger partial charge on any atom is 0.406 e. The van der Waals surface area contributed by atoms with E-state index in [0.717, 1.165) is 16.2 Å². The fourth-order valence-electron chi connectivity index (χ4n) is 1.69. The zero-order chi connectivity index (χ0) is 15.6. The molecular formula is C11H12F3N3O3S. The molecule has 6 nitrogen and oxygen atoms in total. The maximum atomic E-state index is 12.4. The second-order valence-corrected chi connectivity index (χ2v) is 5.51. The summed E-state index contributed by atoms with van der Waals surface area (Å²) in [6.45, 7) is -1.39. The molecule has 2 amide bonds. The van der Waals surface area contributed by atoms with E-state index in [0.29, 0.717) is 17.8 Å². The van der Waals surface area contributed by atoms with Gasteiger partial charge in [-0.2, -0.15) is 13.2 Å². The number of hydrogen-bond donors (Lipinski definition) is 2. The van der Waals surface area contributed by atoms with E-state index < -0.39 is 24.7 Å². The highest BCUT2D eigenvalue weighted by molar-refractivity contribution is 7.09. The van der Waals surface area contributed by atoms with Gasteiger partial charge in [0.1, 0.15) is 11.6 Å². The molecule has 1 saturated carbocycles. The largest absolute Gasteiger partial charge is 0.476 e. The maximum absolute atomic E-state index is 12.4. The number of nitrogens with one attached hydrogen (secondary N) is 1. The van der Waals surface area contributed by atoms with Crippen molar-refractivity contribution in [3.8, 4) is 0 Å². The second-order valence-electron chi connectivity index (χ2n) is 4.56. The summed E-state index contributed by atoms with van der Waals surface area (Å²) in [5, 5.41) is 12.7. The quantitative estimate of drug-likeness (QED) is 0.869. The zero-order valence-corrected chi connectivity index (χ0v) is 11.5. The fraction of sp³-hybridized carbons (Fsp3) is 0.545. The predicted octanol–water partition coefficient (Wildman–Crippen LogP) is 2.08. The van der Waals surface area contributed by atoms with Gasteiger partial charge in [0.25, 0.3) is 0 Å². The van der Waals surface area contributed by atoms with E-state index in [9.17, 15) is 22.8 Å². The summed E-state index contributed by atoms with van der Waals surface area (Å²) in [6, 6.07) is -1.19. The Balaban J connectivity index is 1.91. The van der Waals surface area contributed by atoms with Crippen molar-refractivity contribution >= 4 is 23.3 Å². The molecule has 1 aliphatic rings. The van der Waals surface area contributed by atoms with Gasteiger partial charge in [-0.1, -0.05) is 0 Å². The van der Waals surface area contributed by atoms with E-state index in [1.165, 1.54) is 5.38 Å². The molecule has 10 heteroatoms. The number of aromatic nitrogens is 1. The summed E-state index contributed by atoms with van der Waals surface area (Å²) in [5.74, 6) is -1.19. The van der Waals surface area contributed by atoms with Gasteiger partial charge >= 0.3 is 18.2 Å². The Morgan fingerprint density at radius 1 is 1.48 bits per heavy atom. The first kappa shape index (κ1) is 15.5. The minimum atomic E-state index is -4.45. The number of carbonyl (C=O) groups excluding carboxylic acids is 1. The lowest BCUT2D eigenvalue weighted by Gasteiger charge is -2.23. The van der Waals surface area contributed by atoms with Crippen molar-refractivity contribution in [2.24, 2.45) is 0 Å². The van der Waals surface area contributed by atoms with Crippen LogP contribution in [0.1, 0.15) is 28.3 Å². The second kappa shape index (κ2) is 5.88. The Hall–Kier alpha value is -1.84. The molecule has 116 valence electrons. The number of nitrogens with zero attached hydrogens (tertiary/aromatic N) is 2. The van der Waals surface area contributed by atoms with Crippen LogP contribution in [0.15, 0.2) is 5.38 Å². The van der Waals surface area contributed by atoms with Crippen molar-refractivity contribution in [1.82, 2.24) is 15.2 Å². The molecule has 0 aromatic carbocycles. The van der Waals surface area contributed by atoms with Crippen molar-refractivity contribution in [3.63, 3.8) is 0 Å². The Bertz CT molecular complexity index is 542. The number of carbonyl (C=O) groups is 2. The average molecular weight is 323 g/mol. The molecule has 21 heavy (non-hydrogen) atoms. The highest BCUT2D eigenvalue weighted by Crippen LogP contribution is 2.30. The van der Waals surface area contributed by atoms with Crippen LogP contribution in [0, 0.1) is 0 Å². The number of thiazole rings is 1. The molecule has 0 unspecified atom stereocenters. The van der Waals surface area contributed by atoms with Crippen LogP contribution < -0.4 is 5.32 Å². The van der Waals surface area contributed by atoms with Gasteiger partial charge < -0.3 is 15.3 Å². The highest BCUT2D eigenvalue weighted by atomic mass is 32.1. The van der Waals surface area contributed by atoms with Crippen molar-refractivity contribution in [1.29, 1.82) is 0 Å². The van der Waals surface area contributed by atoms with Gasteiger partial charge in [-0.3, -0.25) is 0 Å². The van der Waals surface area contributed by atoms with Crippen LogP contribution in [0.5, 0.6) is 0 Å². The third-order valence-corrected chi connectivity index (χ3v) is 3.61. The van der Waals surface area contributed by atoms with Crippen molar-refractivity contribution in [2.45, 2.75) is 31.6 Å². The van der Waals surface area contributed by atoms with Gasteiger partial charge in [0.2, 0.25) is 0 Å². The van der Waals surface area contributed by atoms with E-state index in [-0.39, 0.29) is 18.3 Å². The Morgan fingerprint density at radius 3 is 2.62 bits per heavy atom. The van der Waals surface area contributed by atoms with Crippen LogP contribution in [-0.2, 0) is 6.54 Å². The Labute approximate surface area is 121 Å². The minimum Gasteiger partial charge on any atom is -0.476 e. The smallest absolute Gasteiger partial charge is 0.406 e. The lowest BCUT2D eigenvalue weighted by Crippen LogP contribution is -2.45. The number of alkyl halides is 3. The van der Waals surface area contributed by atoms with Gasteiger partial charge in [0.05, 0.1) is 6.54 Å². The lowest BCUT2D eigenvalue weighted by molar-refractivity contribution is -0.141. The average Bonchev–Trinajstić information content (AvgIpc) is 3.09. The molecule has 2 rings (SSSR count). The fourth-order valence-corrected chi connectivity index (χ4v) is 2.40. The van der Waals surface area contributed by atoms with E-state index in [1.54, 1.807) is 0 Å². The summed E-state index contributed by atoms with van der Waals surface area (Å²) >= 11 is 1.02. The van der Waals surface area contributed by atoms with Crippen LogP contribution in [0.2, 0.25) is 0 Å². The molecule has 1 aromatic rings. The SMILES string of the molecule is O=C(O)c1csc(CNC(=O)N(CC(F)(F)F)C2CC2)n1. The van der Waals surface area contributed by atoms with Gasteiger partial charge in [-0.15, -0.1) is 11.3 Å². The standard InChI is InChI=1S/C11H12F3N3O3S/c12-11(13,14)5-17(6-1-2-6)10(20)15-3-8-16-7(4-21-8)9(18)19/h4,6H,1-3,5H2,(H,15,20)(H,18,19). The van der Waals surface area contributed by atoms with Crippen LogP contribution in [0.4, 0.5) is 18.0 Å². The van der Waals surface area contributed by atoms with Crippen molar-refractivity contribution in [3.05, 3.63) is 16.1 Å². The molecule has 0 atom stereocenters. The first-order valence-electron chi connectivity index (χ1n) is 6.05. The van der Waals surface area contributed by atoms with E-state index in [1.807, 2.05) is 0 Å². The molecule has 0 aliphatic heterocycles. The zero-order valence-electron chi connectivity index (χ0n) is 10.7. The number of amides is 2. The monoisotopic (exact) mass is 323 g/mol. The molecular weight excluding hydrogens is 311 g/mol. The van der Waals surface area contributed by atoms with E-state index >= 15 is 0 Å². The third kappa shape index (κ3) is 4.59. The number of hydrogen-bond acceptors (Lipinski definition) is 4. The van der Waals surface area contributed by atoms with E-state index in [2.05, 4.69) is 10.3 Å². The molecule has 0 bridgehead atoms. The van der Waals surface area contributed by atoms with Crippen LogP contribution in [-0.4, -0.2) is 45.8 Å². The Morgan fingerprint density at radius 2 is 2.14 bits per heavy atom. The summed E-state index contributed by atoms with van der Waals surface area (Å²) in [4.78, 5) is 26.9. The topological polar surface area (TPSA) is 82.5 Å². The number of carboxylic acids is 1. The van der Waals surface area contributed by atoms with Crippen molar-refractivity contribution < 1.29 is 27.9 Å². The van der Waals surface area contributed by atoms with Crippen molar-refractivity contribution in [2.75, 3.05) is 6.54 Å². The summed E-state index contributed by atoms with van der Waals surface area (Å²) in [5.41, 5.74) is -0.154. The number of urea groups is 1. The molecule has 1 fully saturated rings. The summed E-state index contributed by atoms with van der Waals surface area (Å²) in [6.07, 6.45) is -3.33. The molecule has 0 radical (unpaired) electrons. The third-order valence-electron chi connectivity index (χ3n) is 2.76. The molecule has 1 aliphatic carbocycles. The van der Waals surface area contributed by atoms with Gasteiger partial charge in [-0.05, 0) is 12.8 Å². The Kier molecular flexibility index (Phi) is 4.35. The molecule has 2 N–H and O–H groups in total. The normalized spacial score (nSPS) is 14.8. The van der Waals surface area contributed by atoms with Crippen LogP contribution in [0.3, 0.4) is 0 Å². The summed E-state index contributed by atoms with van der Waals surface area (Å²) < 4.78 is 37.2. The highest BCUT2D eigenvalue weighted by Gasteiger charge is 2.40. The van der Waals surface area contributed by atoms with Gasteiger partial charge in [0.15, 0.2) is 5.69 Å². The van der Waals surface area contributed by atoms with Gasteiger partial charge in [-0.25, -0.2) is 14.6 Å².